The van der Waals surface area contributed by atoms with Crippen molar-refractivity contribution in [3.63, 3.8) is 0 Å². The molecule has 1 unspecified atom stereocenters. The van der Waals surface area contributed by atoms with Gasteiger partial charge in [0.15, 0.2) is 0 Å². The molecule has 0 rings (SSSR count). The van der Waals surface area contributed by atoms with Crippen LogP contribution in [0.2, 0.25) is 0 Å². The summed E-state index contributed by atoms with van der Waals surface area (Å²) in [5.74, 6) is 1.03. The largest absolute Gasteiger partial charge is 0.103 e. The predicted molar refractivity (Wildman–Crippen MR) is 233 cm³/mol. The summed E-state index contributed by atoms with van der Waals surface area (Å²) in [6.07, 6.45) is 68.3. The van der Waals surface area contributed by atoms with Crippen LogP contribution in [-0.4, -0.2) is 0 Å². The molecule has 0 heteroatoms. The quantitative estimate of drug-likeness (QED) is 0.0438. The molecule has 0 aromatic carbocycles. The molecular weight excluding hydrogens is 601 g/mol. The van der Waals surface area contributed by atoms with E-state index in [9.17, 15) is 0 Å². The number of hydrogen-bond donors (Lipinski definition) is 0. The maximum atomic E-state index is 3.82. The Balaban J connectivity index is 3.64. The Morgan fingerprint density at radius 2 is 0.440 bits per heavy atom. The highest BCUT2D eigenvalue weighted by Crippen LogP contribution is 2.25. The Bertz CT molecular complexity index is 577. The van der Waals surface area contributed by atoms with E-state index in [0.717, 1.165) is 5.92 Å². The Morgan fingerprint density at radius 1 is 0.260 bits per heavy atom. The first-order valence-electron chi connectivity index (χ1n) is 24.5. The highest BCUT2D eigenvalue weighted by atomic mass is 14.1. The second-order valence-corrected chi connectivity index (χ2v) is 17.1. The average Bonchev–Trinajstić information content (AvgIpc) is 3.13. The molecule has 50 heavy (non-hydrogen) atoms. The first-order chi connectivity index (χ1) is 24.8. The standard InChI is InChI=1S/C50H100/c1-4-7-10-13-16-18-20-22-24-25-26-27-28-29-30-31-32-34-36-38-40-43-46-49-50(47-44-41-15-12-9-6-3)48-45-42-39-37-35-33-23-21-19-17-14-11-8-5-2/h4,50H,1,5-49H2,2-3H3. The van der Waals surface area contributed by atoms with E-state index in [2.05, 4.69) is 26.5 Å². The van der Waals surface area contributed by atoms with Gasteiger partial charge in [-0.15, -0.1) is 6.58 Å². The molecule has 0 saturated heterocycles. The van der Waals surface area contributed by atoms with E-state index in [1.165, 1.54) is 289 Å². The van der Waals surface area contributed by atoms with Crippen LogP contribution in [0.5, 0.6) is 0 Å². The van der Waals surface area contributed by atoms with Crippen LogP contribution in [0, 0.1) is 5.92 Å². The van der Waals surface area contributed by atoms with Crippen LogP contribution in [0.15, 0.2) is 12.7 Å². The van der Waals surface area contributed by atoms with E-state index in [1.807, 2.05) is 0 Å². The maximum Gasteiger partial charge on any atom is -0.0353 e. The van der Waals surface area contributed by atoms with E-state index in [1.54, 1.807) is 0 Å². The van der Waals surface area contributed by atoms with Gasteiger partial charge in [0.05, 0.1) is 0 Å². The van der Waals surface area contributed by atoms with Gasteiger partial charge in [0.2, 0.25) is 0 Å². The number of unbranched alkanes of at least 4 members (excludes halogenated alkanes) is 39. The van der Waals surface area contributed by atoms with E-state index in [4.69, 9.17) is 0 Å². The van der Waals surface area contributed by atoms with E-state index in [0.29, 0.717) is 0 Å². The van der Waals surface area contributed by atoms with E-state index >= 15 is 0 Å². The number of hydrogen-bond acceptors (Lipinski definition) is 0. The SMILES string of the molecule is C=CCCCCCCCCCCCCCCCCCCCCCCCC(CCCCCCCC)CCCCCCCCCCCCCCCC. The van der Waals surface area contributed by atoms with Crippen molar-refractivity contribution in [2.75, 3.05) is 0 Å². The zero-order chi connectivity index (χ0) is 36.1. The van der Waals surface area contributed by atoms with Crippen molar-refractivity contribution in [1.82, 2.24) is 0 Å². The predicted octanol–water partition coefficient (Wildman–Crippen LogP) is 19.4. The molecule has 0 aliphatic carbocycles. The van der Waals surface area contributed by atoms with Crippen LogP contribution < -0.4 is 0 Å². The molecule has 300 valence electrons. The minimum Gasteiger partial charge on any atom is -0.103 e. The van der Waals surface area contributed by atoms with Crippen LogP contribution >= 0.6 is 0 Å². The lowest BCUT2D eigenvalue weighted by atomic mass is 9.89. The van der Waals surface area contributed by atoms with Gasteiger partial charge in [-0.25, -0.2) is 0 Å². The topological polar surface area (TPSA) is 0 Å². The molecule has 1 atom stereocenters. The van der Waals surface area contributed by atoms with Crippen LogP contribution in [0.25, 0.3) is 0 Å². The molecule has 0 heterocycles. The molecule has 0 bridgehead atoms. The second kappa shape index (κ2) is 46.8. The smallest absolute Gasteiger partial charge is 0.0353 e. The van der Waals surface area contributed by atoms with Gasteiger partial charge in [0.1, 0.15) is 0 Å². The third kappa shape index (κ3) is 43.9. The van der Waals surface area contributed by atoms with Crippen molar-refractivity contribution in [1.29, 1.82) is 0 Å². The first-order valence-corrected chi connectivity index (χ1v) is 24.5. The molecule has 0 radical (unpaired) electrons. The Morgan fingerprint density at radius 3 is 0.640 bits per heavy atom. The van der Waals surface area contributed by atoms with Gasteiger partial charge < -0.3 is 0 Å². The fourth-order valence-electron chi connectivity index (χ4n) is 8.35. The van der Waals surface area contributed by atoms with E-state index in [-0.39, 0.29) is 0 Å². The molecule has 0 N–H and O–H groups in total. The van der Waals surface area contributed by atoms with Crippen molar-refractivity contribution in [3.05, 3.63) is 12.7 Å². The fourth-order valence-corrected chi connectivity index (χ4v) is 8.35. The second-order valence-electron chi connectivity index (χ2n) is 17.1. The Kier molecular flexibility index (Phi) is 46.5. The lowest BCUT2D eigenvalue weighted by Crippen LogP contribution is -2.01. The molecule has 0 aromatic rings. The van der Waals surface area contributed by atoms with Crippen LogP contribution in [0.1, 0.15) is 303 Å². The molecule has 0 saturated carbocycles. The van der Waals surface area contributed by atoms with Gasteiger partial charge in [-0.05, 0) is 18.8 Å². The summed E-state index contributed by atoms with van der Waals surface area (Å²) in [4.78, 5) is 0. The molecular formula is C50H100. The summed E-state index contributed by atoms with van der Waals surface area (Å²) < 4.78 is 0. The van der Waals surface area contributed by atoms with Crippen LogP contribution in [0.3, 0.4) is 0 Å². The van der Waals surface area contributed by atoms with Crippen LogP contribution in [0.4, 0.5) is 0 Å². The summed E-state index contributed by atoms with van der Waals surface area (Å²) in [5, 5.41) is 0. The lowest BCUT2D eigenvalue weighted by Gasteiger charge is -2.17. The Labute approximate surface area is 320 Å². The monoisotopic (exact) mass is 701 g/mol. The minimum absolute atomic E-state index is 1.03. The summed E-state index contributed by atoms with van der Waals surface area (Å²) in [6.45, 7) is 8.48. The van der Waals surface area contributed by atoms with Gasteiger partial charge in [0, 0.05) is 0 Å². The van der Waals surface area contributed by atoms with Gasteiger partial charge in [0.25, 0.3) is 0 Å². The summed E-state index contributed by atoms with van der Waals surface area (Å²) in [6, 6.07) is 0. The number of allylic oxidation sites excluding steroid dienone is 1. The van der Waals surface area contributed by atoms with Crippen molar-refractivity contribution < 1.29 is 0 Å². The van der Waals surface area contributed by atoms with Crippen molar-refractivity contribution in [3.8, 4) is 0 Å². The van der Waals surface area contributed by atoms with E-state index < -0.39 is 0 Å². The molecule has 0 nitrogen and oxygen atoms in total. The molecule has 0 fully saturated rings. The highest BCUT2D eigenvalue weighted by Gasteiger charge is 2.09. The normalized spacial score (nSPS) is 12.2. The molecule has 0 aliphatic heterocycles. The minimum atomic E-state index is 1.03. The third-order valence-corrected chi connectivity index (χ3v) is 12.0. The average molecular weight is 701 g/mol. The maximum absolute atomic E-state index is 3.82. The van der Waals surface area contributed by atoms with Crippen LogP contribution in [-0.2, 0) is 0 Å². The zero-order valence-corrected chi connectivity index (χ0v) is 35.7. The van der Waals surface area contributed by atoms with Gasteiger partial charge in [-0.3, -0.25) is 0 Å². The van der Waals surface area contributed by atoms with Crippen molar-refractivity contribution in [2.24, 2.45) is 5.92 Å². The summed E-state index contributed by atoms with van der Waals surface area (Å²) >= 11 is 0. The van der Waals surface area contributed by atoms with Crippen molar-refractivity contribution in [2.45, 2.75) is 303 Å². The Hall–Kier alpha value is -0.260. The summed E-state index contributed by atoms with van der Waals surface area (Å²) in [5.41, 5.74) is 0. The highest BCUT2D eigenvalue weighted by molar-refractivity contribution is 4.65. The fraction of sp³-hybridized carbons (Fsp3) is 0.960. The molecule has 0 aromatic heterocycles. The molecule has 0 spiro atoms. The molecule has 0 aliphatic rings. The summed E-state index contributed by atoms with van der Waals surface area (Å²) in [7, 11) is 0. The van der Waals surface area contributed by atoms with Gasteiger partial charge in [-0.2, -0.15) is 0 Å². The zero-order valence-electron chi connectivity index (χ0n) is 35.7. The molecule has 0 amide bonds. The van der Waals surface area contributed by atoms with Gasteiger partial charge in [-0.1, -0.05) is 296 Å². The lowest BCUT2D eigenvalue weighted by molar-refractivity contribution is 0.365. The number of rotatable bonds is 46. The van der Waals surface area contributed by atoms with Gasteiger partial charge >= 0.3 is 0 Å². The first kappa shape index (κ1) is 49.7. The van der Waals surface area contributed by atoms with Crippen molar-refractivity contribution >= 4 is 0 Å². The third-order valence-electron chi connectivity index (χ3n) is 12.0.